The second-order valence-corrected chi connectivity index (χ2v) is 7.72. The van der Waals surface area contributed by atoms with E-state index in [1.165, 1.54) is 37.7 Å². The summed E-state index contributed by atoms with van der Waals surface area (Å²) in [6.07, 6.45) is 10.7. The van der Waals surface area contributed by atoms with Crippen molar-refractivity contribution in [1.82, 2.24) is 9.88 Å². The Labute approximate surface area is 138 Å². The molecule has 23 heavy (non-hydrogen) atoms. The van der Waals surface area contributed by atoms with E-state index < -0.39 is 0 Å². The number of amides is 1. The van der Waals surface area contributed by atoms with Gasteiger partial charge in [0, 0.05) is 37.3 Å². The summed E-state index contributed by atoms with van der Waals surface area (Å²) in [7, 11) is 0. The van der Waals surface area contributed by atoms with Gasteiger partial charge in [0.05, 0.1) is 13.2 Å². The quantitative estimate of drug-likeness (QED) is 0.810. The third-order valence-corrected chi connectivity index (χ3v) is 5.96. The highest BCUT2D eigenvalue weighted by Crippen LogP contribution is 2.49. The highest BCUT2D eigenvalue weighted by Gasteiger charge is 2.50. The summed E-state index contributed by atoms with van der Waals surface area (Å²) in [5.74, 6) is 1.71. The molecule has 0 aromatic carbocycles. The van der Waals surface area contributed by atoms with Gasteiger partial charge in [-0.25, -0.2) is 0 Å². The summed E-state index contributed by atoms with van der Waals surface area (Å²) in [5.41, 5.74) is 1.39. The first-order valence-electron chi connectivity index (χ1n) is 9.00. The highest BCUT2D eigenvalue weighted by atomic mass is 16.5. The maximum Gasteiger partial charge on any atom is 0.222 e. The van der Waals surface area contributed by atoms with E-state index in [2.05, 4.69) is 9.88 Å². The Morgan fingerprint density at radius 2 is 2.13 bits per heavy atom. The van der Waals surface area contributed by atoms with Crippen LogP contribution in [-0.4, -0.2) is 35.5 Å². The first-order valence-corrected chi connectivity index (χ1v) is 9.00. The van der Waals surface area contributed by atoms with Crippen LogP contribution in [0.4, 0.5) is 0 Å². The predicted octanol–water partition coefficient (Wildman–Crippen LogP) is 3.03. The molecule has 2 aliphatic carbocycles. The Morgan fingerprint density at radius 1 is 1.30 bits per heavy atom. The topological polar surface area (TPSA) is 42.4 Å². The number of rotatable bonds is 6. The summed E-state index contributed by atoms with van der Waals surface area (Å²) >= 11 is 0. The summed E-state index contributed by atoms with van der Waals surface area (Å²) in [4.78, 5) is 18.6. The van der Waals surface area contributed by atoms with Crippen LogP contribution in [0.15, 0.2) is 24.5 Å². The highest BCUT2D eigenvalue weighted by molar-refractivity contribution is 5.77. The molecule has 3 aliphatic rings. The number of fused-ring (bicyclic) bond motifs is 1. The Hall–Kier alpha value is -1.42. The minimum Gasteiger partial charge on any atom is -0.376 e. The Kier molecular flexibility index (Phi) is 4.10. The molecule has 0 spiro atoms. The average Bonchev–Trinajstić information content (AvgIpc) is 3.17. The van der Waals surface area contributed by atoms with Crippen molar-refractivity contribution in [2.75, 3.05) is 19.7 Å². The number of hydrogen-bond donors (Lipinski definition) is 0. The summed E-state index contributed by atoms with van der Waals surface area (Å²) in [6, 6.07) is 4.01. The standard InChI is InChI=1S/C19H26N2O2/c22-18(10-15-3-4-15)21-11-17-2-1-7-19(17,13-21)14-23-12-16-5-8-20-9-6-16/h5-6,8-9,15,17H,1-4,7,10-14H2/t17-,19+/m1/s1. The molecule has 1 amide bonds. The fraction of sp³-hybridized carbons (Fsp3) is 0.684. The van der Waals surface area contributed by atoms with Gasteiger partial charge in [0.15, 0.2) is 0 Å². The summed E-state index contributed by atoms with van der Waals surface area (Å²) in [6.45, 7) is 3.31. The van der Waals surface area contributed by atoms with Gasteiger partial charge in [-0.2, -0.15) is 0 Å². The molecule has 4 heteroatoms. The monoisotopic (exact) mass is 314 g/mol. The predicted molar refractivity (Wildman–Crippen MR) is 87.6 cm³/mol. The minimum absolute atomic E-state index is 0.215. The number of carbonyl (C=O) groups is 1. The molecule has 0 bridgehead atoms. The Bertz CT molecular complexity index is 558. The van der Waals surface area contributed by atoms with Gasteiger partial charge in [-0.1, -0.05) is 6.42 Å². The van der Waals surface area contributed by atoms with Crippen molar-refractivity contribution < 1.29 is 9.53 Å². The van der Waals surface area contributed by atoms with E-state index >= 15 is 0 Å². The normalized spacial score (nSPS) is 29.7. The van der Waals surface area contributed by atoms with Crippen molar-refractivity contribution in [2.24, 2.45) is 17.3 Å². The fourth-order valence-corrected chi connectivity index (χ4v) is 4.39. The van der Waals surface area contributed by atoms with Crippen LogP contribution in [-0.2, 0) is 16.1 Å². The van der Waals surface area contributed by atoms with Crippen LogP contribution in [0.1, 0.15) is 44.1 Å². The van der Waals surface area contributed by atoms with Crippen molar-refractivity contribution in [3.63, 3.8) is 0 Å². The van der Waals surface area contributed by atoms with Gasteiger partial charge < -0.3 is 9.64 Å². The number of ether oxygens (including phenoxy) is 1. The molecule has 2 atom stereocenters. The largest absolute Gasteiger partial charge is 0.376 e. The second kappa shape index (κ2) is 6.23. The molecule has 4 nitrogen and oxygen atoms in total. The molecule has 0 unspecified atom stereocenters. The molecular weight excluding hydrogens is 288 g/mol. The van der Waals surface area contributed by atoms with Gasteiger partial charge in [0.25, 0.3) is 0 Å². The first-order chi connectivity index (χ1) is 11.3. The van der Waals surface area contributed by atoms with Crippen molar-refractivity contribution >= 4 is 5.91 Å². The number of carbonyl (C=O) groups excluding carboxylic acids is 1. The van der Waals surface area contributed by atoms with Crippen molar-refractivity contribution in [2.45, 2.75) is 45.1 Å². The van der Waals surface area contributed by atoms with Gasteiger partial charge in [-0.05, 0) is 55.2 Å². The number of nitrogens with zero attached hydrogens (tertiary/aromatic N) is 2. The van der Waals surface area contributed by atoms with Crippen LogP contribution in [0.2, 0.25) is 0 Å². The van der Waals surface area contributed by atoms with E-state index in [4.69, 9.17) is 4.74 Å². The Morgan fingerprint density at radius 3 is 2.91 bits per heavy atom. The molecule has 0 radical (unpaired) electrons. The van der Waals surface area contributed by atoms with E-state index in [9.17, 15) is 4.79 Å². The van der Waals surface area contributed by atoms with Crippen LogP contribution in [0.3, 0.4) is 0 Å². The van der Waals surface area contributed by atoms with Crippen molar-refractivity contribution in [3.8, 4) is 0 Å². The van der Waals surface area contributed by atoms with E-state index in [-0.39, 0.29) is 5.41 Å². The van der Waals surface area contributed by atoms with Gasteiger partial charge >= 0.3 is 0 Å². The molecule has 2 saturated carbocycles. The number of pyridine rings is 1. The lowest BCUT2D eigenvalue weighted by Crippen LogP contribution is -2.34. The van der Waals surface area contributed by atoms with E-state index in [0.717, 1.165) is 26.1 Å². The molecule has 1 aromatic rings. The third-order valence-electron chi connectivity index (χ3n) is 5.96. The fourth-order valence-electron chi connectivity index (χ4n) is 4.39. The zero-order chi connectivity index (χ0) is 15.7. The lowest BCUT2D eigenvalue weighted by Gasteiger charge is -2.28. The Balaban J connectivity index is 1.34. The van der Waals surface area contributed by atoms with Crippen LogP contribution >= 0.6 is 0 Å². The molecule has 124 valence electrons. The molecule has 2 heterocycles. The lowest BCUT2D eigenvalue weighted by molar-refractivity contribution is -0.131. The summed E-state index contributed by atoms with van der Waals surface area (Å²) in [5, 5.41) is 0. The molecule has 1 aliphatic heterocycles. The average molecular weight is 314 g/mol. The smallest absolute Gasteiger partial charge is 0.222 e. The minimum atomic E-state index is 0.215. The number of aromatic nitrogens is 1. The molecule has 4 rings (SSSR count). The molecule has 0 N–H and O–H groups in total. The summed E-state index contributed by atoms with van der Waals surface area (Å²) < 4.78 is 6.06. The first kappa shape index (κ1) is 15.1. The van der Waals surface area contributed by atoms with Crippen LogP contribution in [0, 0.1) is 17.3 Å². The SMILES string of the molecule is O=C(CC1CC1)N1C[C@H]2CCC[C@@]2(COCc2ccncc2)C1. The van der Waals surface area contributed by atoms with Gasteiger partial charge in [-0.15, -0.1) is 0 Å². The lowest BCUT2D eigenvalue weighted by atomic mass is 9.81. The zero-order valence-electron chi connectivity index (χ0n) is 13.7. The van der Waals surface area contributed by atoms with Crippen molar-refractivity contribution in [1.29, 1.82) is 0 Å². The maximum atomic E-state index is 12.4. The molecular formula is C19H26N2O2. The van der Waals surface area contributed by atoms with E-state index in [1.54, 1.807) is 0 Å². The van der Waals surface area contributed by atoms with Crippen LogP contribution in [0.5, 0.6) is 0 Å². The zero-order valence-corrected chi connectivity index (χ0v) is 13.7. The van der Waals surface area contributed by atoms with Crippen LogP contribution < -0.4 is 0 Å². The van der Waals surface area contributed by atoms with Gasteiger partial charge in [-0.3, -0.25) is 9.78 Å². The second-order valence-electron chi connectivity index (χ2n) is 7.72. The van der Waals surface area contributed by atoms with Crippen molar-refractivity contribution in [3.05, 3.63) is 30.1 Å². The van der Waals surface area contributed by atoms with E-state index in [0.29, 0.717) is 24.3 Å². The molecule has 3 fully saturated rings. The molecule has 1 saturated heterocycles. The van der Waals surface area contributed by atoms with Gasteiger partial charge in [0.2, 0.25) is 5.91 Å². The number of hydrogen-bond acceptors (Lipinski definition) is 3. The third kappa shape index (κ3) is 3.27. The number of likely N-dealkylation sites (tertiary alicyclic amines) is 1. The molecule has 1 aromatic heterocycles. The van der Waals surface area contributed by atoms with Crippen LogP contribution in [0.25, 0.3) is 0 Å². The van der Waals surface area contributed by atoms with E-state index in [1.807, 2.05) is 24.5 Å². The van der Waals surface area contributed by atoms with Gasteiger partial charge in [0.1, 0.15) is 0 Å². The maximum absolute atomic E-state index is 12.4.